The number of pyridine rings is 1. The van der Waals surface area contributed by atoms with Gasteiger partial charge in [-0.25, -0.2) is 9.97 Å². The monoisotopic (exact) mass is 349 g/mol. The highest BCUT2D eigenvalue weighted by Gasteiger charge is 2.11. The number of methoxy groups -OCH3 is 1. The number of nitrogens with one attached hydrogen (secondary N) is 2. The Morgan fingerprint density at radius 3 is 2.65 bits per heavy atom. The van der Waals surface area contributed by atoms with Crippen LogP contribution in [0.3, 0.4) is 0 Å². The molecule has 1 amide bonds. The van der Waals surface area contributed by atoms with Gasteiger partial charge in [0.05, 0.1) is 7.11 Å². The zero-order valence-electron chi connectivity index (χ0n) is 14.6. The summed E-state index contributed by atoms with van der Waals surface area (Å²) in [4.78, 5) is 25.1. The second-order valence-corrected chi connectivity index (χ2v) is 5.62. The Morgan fingerprint density at radius 2 is 1.96 bits per heavy atom. The molecule has 2 N–H and O–H groups in total. The van der Waals surface area contributed by atoms with Gasteiger partial charge in [-0.3, -0.25) is 9.78 Å². The fourth-order valence-electron chi connectivity index (χ4n) is 2.32. The molecule has 2 aromatic heterocycles. The van der Waals surface area contributed by atoms with Crippen LogP contribution in [0.15, 0.2) is 54.9 Å². The standard InChI is InChI=1S/C19H19N5O2/c1-13-10-17(18(25)21-12-14-4-3-9-20-11-14)24-19(22-13)23-15-5-7-16(26-2)8-6-15/h3-11H,12H2,1-2H3,(H,21,25)(H,22,23,24). The fourth-order valence-corrected chi connectivity index (χ4v) is 2.32. The first-order valence-corrected chi connectivity index (χ1v) is 8.08. The molecule has 0 unspecified atom stereocenters. The van der Waals surface area contributed by atoms with Crippen LogP contribution in [0.1, 0.15) is 21.7 Å². The number of carbonyl (C=O) groups is 1. The predicted octanol–water partition coefficient (Wildman–Crippen LogP) is 2.86. The van der Waals surface area contributed by atoms with E-state index < -0.39 is 0 Å². The van der Waals surface area contributed by atoms with Crippen molar-refractivity contribution in [2.45, 2.75) is 13.5 Å². The van der Waals surface area contributed by atoms with E-state index in [9.17, 15) is 4.79 Å². The first kappa shape index (κ1) is 17.3. The Hall–Kier alpha value is -3.48. The summed E-state index contributed by atoms with van der Waals surface area (Å²) in [6.45, 7) is 2.20. The largest absolute Gasteiger partial charge is 0.497 e. The van der Waals surface area contributed by atoms with Gasteiger partial charge in [-0.15, -0.1) is 0 Å². The van der Waals surface area contributed by atoms with Crippen LogP contribution in [-0.4, -0.2) is 28.0 Å². The van der Waals surface area contributed by atoms with E-state index in [2.05, 4.69) is 25.6 Å². The molecular weight excluding hydrogens is 330 g/mol. The van der Waals surface area contributed by atoms with Crippen LogP contribution in [0.2, 0.25) is 0 Å². The first-order valence-electron chi connectivity index (χ1n) is 8.08. The van der Waals surface area contributed by atoms with E-state index in [0.29, 0.717) is 23.9 Å². The minimum absolute atomic E-state index is 0.267. The third kappa shape index (κ3) is 4.54. The van der Waals surface area contributed by atoms with Gasteiger partial charge in [-0.1, -0.05) is 6.07 Å². The van der Waals surface area contributed by atoms with Crippen molar-refractivity contribution in [3.63, 3.8) is 0 Å². The van der Waals surface area contributed by atoms with E-state index in [0.717, 1.165) is 17.0 Å². The zero-order valence-corrected chi connectivity index (χ0v) is 14.6. The van der Waals surface area contributed by atoms with Gasteiger partial charge in [-0.05, 0) is 48.9 Å². The van der Waals surface area contributed by atoms with Crippen molar-refractivity contribution in [3.05, 3.63) is 71.8 Å². The smallest absolute Gasteiger partial charge is 0.270 e. The van der Waals surface area contributed by atoms with E-state index in [1.165, 1.54) is 0 Å². The van der Waals surface area contributed by atoms with Crippen LogP contribution in [-0.2, 0) is 6.54 Å². The molecular formula is C19H19N5O2. The third-order valence-corrected chi connectivity index (χ3v) is 3.61. The minimum Gasteiger partial charge on any atom is -0.497 e. The fraction of sp³-hybridized carbons (Fsp3) is 0.158. The molecule has 1 aromatic carbocycles. The normalized spacial score (nSPS) is 10.2. The quantitative estimate of drug-likeness (QED) is 0.711. The molecule has 0 fully saturated rings. The van der Waals surface area contributed by atoms with Crippen LogP contribution >= 0.6 is 0 Å². The number of benzene rings is 1. The summed E-state index contributed by atoms with van der Waals surface area (Å²) in [6.07, 6.45) is 3.40. The highest BCUT2D eigenvalue weighted by molar-refractivity contribution is 5.92. The van der Waals surface area contributed by atoms with Crippen molar-refractivity contribution in [1.29, 1.82) is 0 Å². The van der Waals surface area contributed by atoms with Gasteiger partial charge in [0, 0.05) is 30.3 Å². The molecule has 26 heavy (non-hydrogen) atoms. The predicted molar refractivity (Wildman–Crippen MR) is 98.5 cm³/mol. The summed E-state index contributed by atoms with van der Waals surface area (Å²) in [5, 5.41) is 5.93. The van der Waals surface area contributed by atoms with E-state index in [1.807, 2.05) is 43.3 Å². The number of hydrogen-bond acceptors (Lipinski definition) is 6. The highest BCUT2D eigenvalue weighted by Crippen LogP contribution is 2.18. The number of aromatic nitrogens is 3. The molecule has 3 rings (SSSR count). The zero-order chi connectivity index (χ0) is 18.4. The van der Waals surface area contributed by atoms with Crippen molar-refractivity contribution < 1.29 is 9.53 Å². The van der Waals surface area contributed by atoms with Gasteiger partial charge in [0.15, 0.2) is 0 Å². The average Bonchev–Trinajstić information content (AvgIpc) is 2.67. The second kappa shape index (κ2) is 8.06. The van der Waals surface area contributed by atoms with Crippen LogP contribution in [0.4, 0.5) is 11.6 Å². The Morgan fingerprint density at radius 1 is 1.15 bits per heavy atom. The van der Waals surface area contributed by atoms with Gasteiger partial charge >= 0.3 is 0 Å². The van der Waals surface area contributed by atoms with Crippen molar-refractivity contribution in [2.24, 2.45) is 0 Å². The number of anilines is 2. The Labute approximate surface area is 151 Å². The lowest BCUT2D eigenvalue weighted by Gasteiger charge is -2.09. The molecule has 0 saturated carbocycles. The number of carbonyl (C=O) groups excluding carboxylic acids is 1. The number of ether oxygens (including phenoxy) is 1. The number of aryl methyl sites for hydroxylation is 1. The van der Waals surface area contributed by atoms with Crippen LogP contribution in [0, 0.1) is 6.92 Å². The molecule has 0 radical (unpaired) electrons. The number of rotatable bonds is 6. The summed E-state index contributed by atoms with van der Waals surface area (Å²) in [5.41, 5.74) is 2.72. The Kier molecular flexibility index (Phi) is 5.38. The molecule has 7 nitrogen and oxygen atoms in total. The van der Waals surface area contributed by atoms with Gasteiger partial charge in [0.25, 0.3) is 5.91 Å². The molecule has 0 saturated heterocycles. The average molecular weight is 349 g/mol. The Bertz CT molecular complexity index is 882. The summed E-state index contributed by atoms with van der Waals surface area (Å²) in [6, 6.07) is 12.7. The lowest BCUT2D eigenvalue weighted by Crippen LogP contribution is -2.24. The molecule has 132 valence electrons. The molecule has 0 aliphatic heterocycles. The van der Waals surface area contributed by atoms with Crippen LogP contribution in [0.25, 0.3) is 0 Å². The van der Waals surface area contributed by atoms with E-state index in [1.54, 1.807) is 25.6 Å². The maximum Gasteiger partial charge on any atom is 0.270 e. The first-order chi connectivity index (χ1) is 12.6. The van der Waals surface area contributed by atoms with Crippen molar-refractivity contribution in [2.75, 3.05) is 12.4 Å². The summed E-state index contributed by atoms with van der Waals surface area (Å²) in [5.74, 6) is 0.856. The van der Waals surface area contributed by atoms with Gasteiger partial charge < -0.3 is 15.4 Å². The summed E-state index contributed by atoms with van der Waals surface area (Å²) >= 11 is 0. The topological polar surface area (TPSA) is 89.0 Å². The molecule has 0 aliphatic rings. The molecule has 7 heteroatoms. The molecule has 0 aliphatic carbocycles. The lowest BCUT2D eigenvalue weighted by atomic mass is 10.2. The highest BCUT2D eigenvalue weighted by atomic mass is 16.5. The Balaban J connectivity index is 1.70. The molecule has 2 heterocycles. The second-order valence-electron chi connectivity index (χ2n) is 5.62. The van der Waals surface area contributed by atoms with Crippen molar-refractivity contribution in [1.82, 2.24) is 20.3 Å². The molecule has 3 aromatic rings. The molecule has 0 bridgehead atoms. The van der Waals surface area contributed by atoms with E-state index >= 15 is 0 Å². The van der Waals surface area contributed by atoms with Crippen LogP contribution in [0.5, 0.6) is 5.75 Å². The molecule has 0 atom stereocenters. The molecule has 0 spiro atoms. The maximum atomic E-state index is 12.4. The van der Waals surface area contributed by atoms with Gasteiger partial charge in [-0.2, -0.15) is 0 Å². The summed E-state index contributed by atoms with van der Waals surface area (Å²) < 4.78 is 5.14. The van der Waals surface area contributed by atoms with Gasteiger partial charge in [0.1, 0.15) is 11.4 Å². The van der Waals surface area contributed by atoms with Crippen LogP contribution < -0.4 is 15.4 Å². The maximum absolute atomic E-state index is 12.4. The SMILES string of the molecule is COc1ccc(Nc2nc(C)cc(C(=O)NCc3cccnc3)n2)cc1. The van der Waals surface area contributed by atoms with Gasteiger partial charge in [0.2, 0.25) is 5.95 Å². The lowest BCUT2D eigenvalue weighted by molar-refractivity contribution is 0.0945. The van der Waals surface area contributed by atoms with E-state index in [4.69, 9.17) is 4.74 Å². The van der Waals surface area contributed by atoms with Crippen molar-refractivity contribution in [3.8, 4) is 5.75 Å². The van der Waals surface area contributed by atoms with Crippen molar-refractivity contribution >= 4 is 17.5 Å². The third-order valence-electron chi connectivity index (χ3n) is 3.61. The summed E-state index contributed by atoms with van der Waals surface area (Å²) in [7, 11) is 1.61. The number of nitrogens with zero attached hydrogens (tertiary/aromatic N) is 3. The van der Waals surface area contributed by atoms with E-state index in [-0.39, 0.29) is 5.91 Å². The minimum atomic E-state index is -0.267. The number of amides is 1. The number of hydrogen-bond donors (Lipinski definition) is 2.